The van der Waals surface area contributed by atoms with E-state index >= 15 is 0 Å². The number of hydrogen-bond donors (Lipinski definition) is 2. The monoisotopic (exact) mass is 343 g/mol. The highest BCUT2D eigenvalue weighted by Crippen LogP contribution is 2.20. The van der Waals surface area contributed by atoms with Crippen molar-refractivity contribution in [2.24, 2.45) is 0 Å². The third-order valence-corrected chi connectivity index (χ3v) is 3.71. The summed E-state index contributed by atoms with van der Waals surface area (Å²) < 4.78 is 39.4. The highest BCUT2D eigenvalue weighted by molar-refractivity contribution is 6.31. The van der Waals surface area contributed by atoms with Crippen LogP contribution in [0.4, 0.5) is 18.9 Å². The van der Waals surface area contributed by atoms with E-state index < -0.39 is 29.0 Å². The van der Waals surface area contributed by atoms with Crippen LogP contribution in [-0.4, -0.2) is 12.5 Å². The van der Waals surface area contributed by atoms with Gasteiger partial charge in [-0.05, 0) is 25.1 Å². The molecule has 122 valence electrons. The number of nitrogens with one attached hydrogen (secondary N) is 1. The molecule has 0 spiro atoms. The Balaban J connectivity index is 1.96. The van der Waals surface area contributed by atoms with Crippen LogP contribution < -0.4 is 10.6 Å². The van der Waals surface area contributed by atoms with E-state index in [-0.39, 0.29) is 12.6 Å². The molecule has 23 heavy (non-hydrogen) atoms. The number of carbonyl (C=O) groups is 1. The molecule has 3 nitrogen and oxygen atoms in total. The van der Waals surface area contributed by atoms with Crippen molar-refractivity contribution < 1.29 is 23.3 Å². The van der Waals surface area contributed by atoms with Gasteiger partial charge in [0, 0.05) is 10.6 Å². The van der Waals surface area contributed by atoms with E-state index in [0.29, 0.717) is 5.02 Å². The van der Waals surface area contributed by atoms with Crippen LogP contribution in [0.3, 0.4) is 0 Å². The van der Waals surface area contributed by atoms with Crippen LogP contribution in [0.2, 0.25) is 5.02 Å². The SMILES string of the molecule is C[C@@H]([NH2+]CC(=O)Nc1ccc(F)c(F)c1F)c1ccccc1Cl. The van der Waals surface area contributed by atoms with Crippen LogP contribution in [0.5, 0.6) is 0 Å². The van der Waals surface area contributed by atoms with Crippen molar-refractivity contribution in [3.8, 4) is 0 Å². The molecule has 0 aromatic heterocycles. The molecule has 0 bridgehead atoms. The molecule has 2 rings (SSSR count). The Labute approximate surface area is 136 Å². The quantitative estimate of drug-likeness (QED) is 0.805. The van der Waals surface area contributed by atoms with Gasteiger partial charge in [0.25, 0.3) is 5.91 Å². The summed E-state index contributed by atoms with van der Waals surface area (Å²) in [5, 5.41) is 4.50. The molecule has 1 amide bonds. The van der Waals surface area contributed by atoms with E-state index in [2.05, 4.69) is 5.32 Å². The molecule has 0 aliphatic rings. The number of anilines is 1. The molecule has 0 radical (unpaired) electrons. The molecule has 3 N–H and O–H groups in total. The van der Waals surface area contributed by atoms with Crippen LogP contribution in [0, 0.1) is 17.5 Å². The van der Waals surface area contributed by atoms with E-state index in [9.17, 15) is 18.0 Å². The van der Waals surface area contributed by atoms with E-state index in [1.807, 2.05) is 19.1 Å². The number of halogens is 4. The molecule has 0 heterocycles. The third-order valence-electron chi connectivity index (χ3n) is 3.36. The Hall–Kier alpha value is -2.05. The fourth-order valence-electron chi connectivity index (χ4n) is 2.08. The van der Waals surface area contributed by atoms with Crippen molar-refractivity contribution >= 4 is 23.2 Å². The fraction of sp³-hybridized carbons (Fsp3) is 0.188. The molecule has 0 saturated heterocycles. The van der Waals surface area contributed by atoms with Crippen LogP contribution >= 0.6 is 11.6 Å². The summed E-state index contributed by atoms with van der Waals surface area (Å²) in [5.41, 5.74) is 0.466. The third kappa shape index (κ3) is 4.24. The van der Waals surface area contributed by atoms with Gasteiger partial charge in [0.05, 0.1) is 5.69 Å². The lowest BCUT2D eigenvalue weighted by atomic mass is 10.1. The lowest BCUT2D eigenvalue weighted by Crippen LogP contribution is -2.86. The summed E-state index contributed by atoms with van der Waals surface area (Å²) in [4.78, 5) is 11.8. The summed E-state index contributed by atoms with van der Waals surface area (Å²) in [5.74, 6) is -4.87. The lowest BCUT2D eigenvalue weighted by Gasteiger charge is -2.13. The van der Waals surface area contributed by atoms with Gasteiger partial charge < -0.3 is 10.6 Å². The van der Waals surface area contributed by atoms with Crippen molar-refractivity contribution in [3.63, 3.8) is 0 Å². The molecule has 2 aromatic carbocycles. The van der Waals surface area contributed by atoms with Gasteiger partial charge in [0.1, 0.15) is 6.04 Å². The number of carbonyl (C=O) groups excluding carboxylic acids is 1. The van der Waals surface area contributed by atoms with E-state index in [0.717, 1.165) is 17.7 Å². The number of rotatable bonds is 5. The van der Waals surface area contributed by atoms with Crippen LogP contribution in [-0.2, 0) is 4.79 Å². The van der Waals surface area contributed by atoms with Gasteiger partial charge >= 0.3 is 0 Å². The number of amides is 1. The predicted molar refractivity (Wildman–Crippen MR) is 81.6 cm³/mol. The van der Waals surface area contributed by atoms with Crippen molar-refractivity contribution in [3.05, 3.63) is 64.4 Å². The molecular weight excluding hydrogens is 329 g/mol. The minimum Gasteiger partial charge on any atom is -0.332 e. The van der Waals surface area contributed by atoms with Gasteiger partial charge in [-0.25, -0.2) is 13.2 Å². The van der Waals surface area contributed by atoms with E-state index in [1.54, 1.807) is 17.4 Å². The van der Waals surface area contributed by atoms with Gasteiger partial charge in [-0.3, -0.25) is 4.79 Å². The molecule has 1 atom stereocenters. The second-order valence-corrected chi connectivity index (χ2v) is 5.43. The highest BCUT2D eigenvalue weighted by Gasteiger charge is 2.17. The van der Waals surface area contributed by atoms with E-state index in [1.165, 1.54) is 0 Å². The number of quaternary nitrogens is 1. The minimum absolute atomic E-state index is 0.0230. The Morgan fingerprint density at radius 2 is 1.87 bits per heavy atom. The average Bonchev–Trinajstić information content (AvgIpc) is 2.53. The molecule has 0 unspecified atom stereocenters. The zero-order chi connectivity index (χ0) is 17.0. The van der Waals surface area contributed by atoms with Gasteiger partial charge in [0.15, 0.2) is 24.0 Å². The first kappa shape index (κ1) is 17.3. The second kappa shape index (κ2) is 7.48. The summed E-state index contributed by atoms with van der Waals surface area (Å²) in [6, 6.07) is 8.87. The first-order chi connectivity index (χ1) is 10.9. The molecule has 0 fully saturated rings. The van der Waals surface area contributed by atoms with Crippen molar-refractivity contribution in [2.45, 2.75) is 13.0 Å². The van der Waals surface area contributed by atoms with Gasteiger partial charge in [-0.15, -0.1) is 0 Å². The zero-order valence-electron chi connectivity index (χ0n) is 12.2. The topological polar surface area (TPSA) is 45.7 Å². The summed E-state index contributed by atoms with van der Waals surface area (Å²) in [7, 11) is 0. The zero-order valence-corrected chi connectivity index (χ0v) is 13.0. The summed E-state index contributed by atoms with van der Waals surface area (Å²) in [6.07, 6.45) is 0. The molecule has 0 aliphatic heterocycles. The lowest BCUT2D eigenvalue weighted by molar-refractivity contribution is -0.682. The molecule has 0 aliphatic carbocycles. The van der Waals surface area contributed by atoms with Crippen LogP contribution in [0.25, 0.3) is 0 Å². The Bertz CT molecular complexity index is 724. The normalized spacial score (nSPS) is 12.0. The first-order valence-electron chi connectivity index (χ1n) is 6.91. The molecule has 0 saturated carbocycles. The number of hydrogen-bond acceptors (Lipinski definition) is 1. The summed E-state index contributed by atoms with van der Waals surface area (Å²) in [6.45, 7) is 1.84. The smallest absolute Gasteiger partial charge is 0.279 e. The van der Waals surface area contributed by atoms with Crippen molar-refractivity contribution in [2.75, 3.05) is 11.9 Å². The molecule has 2 aromatic rings. The minimum atomic E-state index is -1.61. The highest BCUT2D eigenvalue weighted by atomic mass is 35.5. The van der Waals surface area contributed by atoms with Gasteiger partial charge in [0.2, 0.25) is 0 Å². The van der Waals surface area contributed by atoms with Crippen molar-refractivity contribution in [1.82, 2.24) is 0 Å². The second-order valence-electron chi connectivity index (χ2n) is 5.02. The summed E-state index contributed by atoms with van der Waals surface area (Å²) >= 11 is 6.07. The van der Waals surface area contributed by atoms with Crippen molar-refractivity contribution in [1.29, 1.82) is 0 Å². The fourth-order valence-corrected chi connectivity index (χ4v) is 2.39. The largest absolute Gasteiger partial charge is 0.332 e. The maximum atomic E-state index is 13.5. The molecule has 7 heteroatoms. The number of benzene rings is 2. The average molecular weight is 344 g/mol. The maximum Gasteiger partial charge on any atom is 0.279 e. The van der Waals surface area contributed by atoms with Crippen LogP contribution in [0.1, 0.15) is 18.5 Å². The van der Waals surface area contributed by atoms with E-state index in [4.69, 9.17) is 11.6 Å². The molecular formula is C16H15ClF3N2O+. The standard InChI is InChI=1S/C16H14ClF3N2O/c1-9(10-4-2-3-5-11(10)17)21-8-14(23)22-13-7-6-12(18)15(19)16(13)20/h2-7,9,21H,8H2,1H3,(H,22,23)/p+1/t9-/m1/s1. The Morgan fingerprint density at radius 3 is 2.57 bits per heavy atom. The predicted octanol–water partition coefficient (Wildman–Crippen LogP) is 3.02. The first-order valence-corrected chi connectivity index (χ1v) is 7.29. The maximum absolute atomic E-state index is 13.5. The number of nitrogens with two attached hydrogens (primary N) is 1. The Morgan fingerprint density at radius 1 is 1.17 bits per heavy atom. The Kier molecular flexibility index (Phi) is 5.63. The van der Waals surface area contributed by atoms with Crippen LogP contribution in [0.15, 0.2) is 36.4 Å². The van der Waals surface area contributed by atoms with Gasteiger partial charge in [-0.2, -0.15) is 0 Å². The van der Waals surface area contributed by atoms with Gasteiger partial charge in [-0.1, -0.05) is 29.8 Å².